The van der Waals surface area contributed by atoms with Crippen LogP contribution in [-0.2, 0) is 13.0 Å². The molecule has 0 saturated heterocycles. The van der Waals surface area contributed by atoms with Crippen molar-refractivity contribution in [2.24, 2.45) is 0 Å². The van der Waals surface area contributed by atoms with E-state index in [0.717, 1.165) is 34.9 Å². The molecule has 154 valence electrons. The molecule has 3 aromatic rings. The molecule has 0 bridgehead atoms. The third-order valence-electron chi connectivity index (χ3n) is 5.66. The van der Waals surface area contributed by atoms with Gasteiger partial charge < -0.3 is 9.67 Å². The molecule has 0 spiro atoms. The number of aromatic nitrogens is 1. The first-order valence-electron chi connectivity index (χ1n) is 10.1. The number of pyridine rings is 1. The number of rotatable bonds is 7. The molecule has 0 radical (unpaired) electrons. The molecule has 0 aliphatic heterocycles. The number of alkyl halides is 1. The highest BCUT2D eigenvalue weighted by Crippen LogP contribution is 2.42. The zero-order valence-corrected chi connectivity index (χ0v) is 18.8. The Morgan fingerprint density at radius 3 is 2.37 bits per heavy atom. The molecular formula is C24H22INO4. The van der Waals surface area contributed by atoms with Crippen molar-refractivity contribution in [1.82, 2.24) is 4.57 Å². The summed E-state index contributed by atoms with van der Waals surface area (Å²) in [6.07, 6.45) is 2.70. The summed E-state index contributed by atoms with van der Waals surface area (Å²) < 4.78 is 1.48. The third kappa shape index (κ3) is 4.05. The maximum atomic E-state index is 13.1. The van der Waals surface area contributed by atoms with Crippen LogP contribution in [0, 0.1) is 0 Å². The lowest BCUT2D eigenvalue weighted by atomic mass is 9.97. The fourth-order valence-corrected chi connectivity index (χ4v) is 4.75. The minimum Gasteiger partial charge on any atom is -0.478 e. The molecule has 1 unspecified atom stereocenters. The second-order valence-corrected chi connectivity index (χ2v) is 9.23. The summed E-state index contributed by atoms with van der Waals surface area (Å²) >= 11 is 2.15. The van der Waals surface area contributed by atoms with Gasteiger partial charge in [-0.2, -0.15) is 0 Å². The van der Waals surface area contributed by atoms with Crippen LogP contribution in [0.25, 0.3) is 10.9 Å². The minimum absolute atomic E-state index is 0.0163. The van der Waals surface area contributed by atoms with Gasteiger partial charge in [-0.1, -0.05) is 34.7 Å². The number of aryl methyl sites for hydroxylation is 1. The van der Waals surface area contributed by atoms with Crippen molar-refractivity contribution in [3.63, 3.8) is 0 Å². The Balaban J connectivity index is 1.64. The molecule has 2 aromatic carbocycles. The molecule has 5 nitrogen and oxygen atoms in total. The first kappa shape index (κ1) is 20.8. The van der Waals surface area contributed by atoms with Crippen molar-refractivity contribution in [1.29, 1.82) is 0 Å². The van der Waals surface area contributed by atoms with E-state index in [2.05, 4.69) is 22.6 Å². The highest BCUT2D eigenvalue weighted by molar-refractivity contribution is 14.1. The lowest BCUT2D eigenvalue weighted by Crippen LogP contribution is -2.21. The molecule has 1 saturated carbocycles. The Morgan fingerprint density at radius 1 is 1.10 bits per heavy atom. The number of hydrogen-bond acceptors (Lipinski definition) is 3. The maximum Gasteiger partial charge on any atom is 0.335 e. The largest absolute Gasteiger partial charge is 0.478 e. The Hall–Kier alpha value is -2.48. The van der Waals surface area contributed by atoms with Gasteiger partial charge in [-0.3, -0.25) is 9.59 Å². The number of ketones is 1. The summed E-state index contributed by atoms with van der Waals surface area (Å²) in [5.74, 6) is -0.507. The van der Waals surface area contributed by atoms with Crippen LogP contribution < -0.4 is 5.56 Å². The monoisotopic (exact) mass is 515 g/mol. The number of carboxylic acid groups (broad SMARTS) is 1. The van der Waals surface area contributed by atoms with Gasteiger partial charge in [-0.15, -0.1) is 0 Å². The smallest absolute Gasteiger partial charge is 0.335 e. The van der Waals surface area contributed by atoms with Gasteiger partial charge in [-0.25, -0.2) is 4.79 Å². The van der Waals surface area contributed by atoms with Crippen LogP contribution in [0.1, 0.15) is 57.5 Å². The van der Waals surface area contributed by atoms with Crippen molar-refractivity contribution in [2.45, 2.75) is 42.6 Å². The van der Waals surface area contributed by atoms with E-state index in [1.54, 1.807) is 34.9 Å². The van der Waals surface area contributed by atoms with Gasteiger partial charge in [0.2, 0.25) is 0 Å². The molecule has 4 rings (SSSR count). The number of carbonyl (C=O) groups excluding carboxylic acids is 1. The van der Waals surface area contributed by atoms with E-state index in [1.807, 2.05) is 25.1 Å². The number of carbonyl (C=O) groups is 2. The summed E-state index contributed by atoms with van der Waals surface area (Å²) in [5.41, 5.74) is 3.77. The number of Topliss-reactive ketones (excluding diaryl/α,β-unsaturated/α-hetero) is 1. The Bertz CT molecular complexity index is 1190. The van der Waals surface area contributed by atoms with Gasteiger partial charge in [0.15, 0.2) is 5.78 Å². The molecule has 0 amide bonds. The van der Waals surface area contributed by atoms with Crippen LogP contribution in [0.2, 0.25) is 0 Å². The molecular weight excluding hydrogens is 493 g/mol. The van der Waals surface area contributed by atoms with Crippen LogP contribution >= 0.6 is 22.6 Å². The summed E-state index contributed by atoms with van der Waals surface area (Å²) in [6, 6.07) is 14.0. The zero-order valence-electron chi connectivity index (χ0n) is 16.6. The van der Waals surface area contributed by atoms with Gasteiger partial charge in [0.25, 0.3) is 5.56 Å². The normalized spacial score (nSPS) is 14.6. The molecule has 1 heterocycles. The molecule has 1 fully saturated rings. The van der Waals surface area contributed by atoms with Crippen molar-refractivity contribution in [2.75, 3.05) is 0 Å². The van der Waals surface area contributed by atoms with Crippen LogP contribution in [0.3, 0.4) is 0 Å². The number of aromatic carboxylic acids is 1. The molecule has 1 aliphatic carbocycles. The number of benzene rings is 2. The van der Waals surface area contributed by atoms with Crippen LogP contribution in [0.5, 0.6) is 0 Å². The van der Waals surface area contributed by atoms with Crippen LogP contribution in [-0.4, -0.2) is 25.4 Å². The van der Waals surface area contributed by atoms with E-state index in [-0.39, 0.29) is 20.8 Å². The van der Waals surface area contributed by atoms with Crippen molar-refractivity contribution in [3.8, 4) is 0 Å². The topological polar surface area (TPSA) is 76.4 Å². The maximum absolute atomic E-state index is 13.1. The van der Waals surface area contributed by atoms with Gasteiger partial charge >= 0.3 is 5.97 Å². The van der Waals surface area contributed by atoms with Gasteiger partial charge in [0, 0.05) is 23.6 Å². The lowest BCUT2D eigenvalue weighted by Gasteiger charge is -2.14. The summed E-state index contributed by atoms with van der Waals surface area (Å²) in [4.78, 5) is 36.6. The fraction of sp³-hybridized carbons (Fsp3) is 0.292. The van der Waals surface area contributed by atoms with Crippen molar-refractivity contribution in [3.05, 3.63) is 81.1 Å². The first-order chi connectivity index (χ1) is 14.4. The summed E-state index contributed by atoms with van der Waals surface area (Å²) in [7, 11) is 0. The highest BCUT2D eigenvalue weighted by Gasteiger charge is 2.27. The quantitative estimate of drug-likeness (QED) is 0.278. The SMILES string of the molecule is CCn1c(=O)cc(C2CC2)c2cc(C(=O)C(I)Cc3ccc(C(=O)O)cc3)ccc21. The van der Waals surface area contributed by atoms with Crippen molar-refractivity contribution < 1.29 is 14.7 Å². The van der Waals surface area contributed by atoms with Crippen LogP contribution in [0.4, 0.5) is 0 Å². The molecule has 1 aromatic heterocycles. The van der Waals surface area contributed by atoms with Gasteiger partial charge in [0.05, 0.1) is 15.0 Å². The second-order valence-electron chi connectivity index (χ2n) is 7.73. The highest BCUT2D eigenvalue weighted by atomic mass is 127. The van der Waals surface area contributed by atoms with Gasteiger partial charge in [-0.05, 0) is 73.6 Å². The van der Waals surface area contributed by atoms with E-state index in [4.69, 9.17) is 5.11 Å². The van der Waals surface area contributed by atoms with E-state index in [0.29, 0.717) is 24.4 Å². The number of carboxylic acids is 1. The second kappa shape index (κ2) is 8.34. The Morgan fingerprint density at radius 2 is 1.77 bits per heavy atom. The Kier molecular flexibility index (Phi) is 5.77. The zero-order chi connectivity index (χ0) is 21.4. The Labute approximate surface area is 187 Å². The standard InChI is InChI=1S/C24H22INO4/c1-2-26-21-10-9-17(12-19(21)18(13-22(26)27)15-7-8-15)23(28)20(25)11-14-3-5-16(6-4-14)24(29)30/h3-6,9-10,12-13,15,20H,2,7-8,11H2,1H3,(H,29,30). The summed E-state index contributed by atoms with van der Waals surface area (Å²) in [6.45, 7) is 2.54. The predicted molar refractivity (Wildman–Crippen MR) is 125 cm³/mol. The predicted octanol–water partition coefficient (Wildman–Crippen LogP) is 4.83. The first-order valence-corrected chi connectivity index (χ1v) is 11.3. The third-order valence-corrected chi connectivity index (χ3v) is 6.67. The fourth-order valence-electron chi connectivity index (χ4n) is 3.89. The minimum atomic E-state index is -0.961. The molecule has 30 heavy (non-hydrogen) atoms. The number of halogens is 1. The van der Waals surface area contributed by atoms with Crippen LogP contribution in [0.15, 0.2) is 53.3 Å². The van der Waals surface area contributed by atoms with E-state index < -0.39 is 5.97 Å². The summed E-state index contributed by atoms with van der Waals surface area (Å²) in [5, 5.41) is 10.0. The van der Waals surface area contributed by atoms with E-state index in [1.165, 1.54) is 0 Å². The average Bonchev–Trinajstić information content (AvgIpc) is 3.58. The molecule has 1 aliphatic rings. The number of hydrogen-bond donors (Lipinski definition) is 1. The lowest BCUT2D eigenvalue weighted by molar-refractivity contribution is 0.0696. The molecule has 6 heteroatoms. The van der Waals surface area contributed by atoms with E-state index in [9.17, 15) is 14.4 Å². The average molecular weight is 515 g/mol. The van der Waals surface area contributed by atoms with E-state index >= 15 is 0 Å². The van der Waals surface area contributed by atoms with Crippen molar-refractivity contribution >= 4 is 45.2 Å². The van der Waals surface area contributed by atoms with Gasteiger partial charge in [0.1, 0.15) is 0 Å². The molecule has 1 atom stereocenters. The number of fused-ring (bicyclic) bond motifs is 1. The molecule has 1 N–H and O–H groups in total. The number of nitrogens with zero attached hydrogens (tertiary/aromatic N) is 1.